The summed E-state index contributed by atoms with van der Waals surface area (Å²) in [6, 6.07) is 4.14. The summed E-state index contributed by atoms with van der Waals surface area (Å²) in [5.41, 5.74) is 6.41. The first-order chi connectivity index (χ1) is 6.65. The average molecular weight is 194 g/mol. The molecule has 0 aliphatic rings. The van der Waals surface area contributed by atoms with Crippen LogP contribution < -0.4 is 11.0 Å². The van der Waals surface area contributed by atoms with Gasteiger partial charge in [-0.2, -0.15) is 0 Å². The van der Waals surface area contributed by atoms with E-state index < -0.39 is 4.92 Å². The quantitative estimate of drug-likeness (QED) is 0.319. The third-order valence-corrected chi connectivity index (χ3v) is 1.58. The molecule has 0 saturated heterocycles. The molecule has 0 heterocycles. The van der Waals surface area contributed by atoms with Crippen LogP contribution in [0.2, 0.25) is 0 Å². The number of hydrogen-bond acceptors (Lipinski definition) is 5. The molecule has 0 spiro atoms. The predicted octanol–water partition coefficient (Wildman–Crippen LogP) is 0.770. The fourth-order valence-corrected chi connectivity index (χ4v) is 0.905. The van der Waals surface area contributed by atoms with E-state index in [0.717, 1.165) is 0 Å². The van der Waals surface area contributed by atoms with Gasteiger partial charge in [0.1, 0.15) is 0 Å². The maximum absolute atomic E-state index is 10.4. The normalized spacial score (nSPS) is 9.50. The van der Waals surface area contributed by atoms with E-state index >= 15 is 0 Å². The number of rotatable bonds is 4. The first-order valence-corrected chi connectivity index (χ1v) is 3.80. The molecule has 0 atom stereocenters. The monoisotopic (exact) mass is 194 g/mol. The molecule has 3 N–H and O–H groups in total. The second-order valence-corrected chi connectivity index (χ2v) is 2.53. The Morgan fingerprint density at radius 2 is 2.36 bits per heavy atom. The Morgan fingerprint density at radius 3 is 2.93 bits per heavy atom. The largest absolute Gasteiger partial charge is 0.436 e. The molecule has 7 heteroatoms. The molecule has 0 saturated carbocycles. The summed E-state index contributed by atoms with van der Waals surface area (Å²) in [7, 11) is 2.75. The van der Waals surface area contributed by atoms with E-state index in [-0.39, 0.29) is 5.69 Å². The van der Waals surface area contributed by atoms with Crippen molar-refractivity contribution >= 4 is 24.7 Å². The molecule has 0 bridgehead atoms. The Kier molecular flexibility index (Phi) is 3.30. The molecule has 1 aromatic rings. The Bertz CT molecular complexity index is 345. The Balaban J connectivity index is 2.90. The molecule has 0 aromatic heterocycles. The zero-order chi connectivity index (χ0) is 10.6. The van der Waals surface area contributed by atoms with Gasteiger partial charge in [-0.15, -0.1) is 0 Å². The van der Waals surface area contributed by atoms with Gasteiger partial charge >= 0.3 is 7.62 Å². The minimum Gasteiger partial charge on any atom is -0.422 e. The number of nitrogens with one attached hydrogen (secondary N) is 1. The number of nitro groups is 1. The lowest BCUT2D eigenvalue weighted by molar-refractivity contribution is -0.384. The van der Waals surface area contributed by atoms with Gasteiger partial charge in [0.15, 0.2) is 0 Å². The minimum absolute atomic E-state index is 0.0220. The first-order valence-electron chi connectivity index (χ1n) is 3.80. The van der Waals surface area contributed by atoms with Crippen LogP contribution in [0.3, 0.4) is 0 Å². The number of nitrogens with zero attached hydrogens (tertiary/aromatic N) is 1. The van der Waals surface area contributed by atoms with Crippen molar-refractivity contribution in [1.29, 1.82) is 0 Å². The smallest absolute Gasteiger partial charge is 0.422 e. The van der Waals surface area contributed by atoms with Crippen molar-refractivity contribution in [3.63, 3.8) is 0 Å². The van der Waals surface area contributed by atoms with Crippen LogP contribution in [0.1, 0.15) is 0 Å². The molecular weight excluding hydrogens is 185 g/mol. The van der Waals surface area contributed by atoms with E-state index in [1.807, 2.05) is 0 Å². The van der Waals surface area contributed by atoms with Gasteiger partial charge in [0.05, 0.1) is 16.3 Å². The van der Waals surface area contributed by atoms with E-state index in [0.29, 0.717) is 11.4 Å². The molecule has 1 radical (unpaired) electrons. The van der Waals surface area contributed by atoms with E-state index in [4.69, 9.17) is 5.73 Å². The zero-order valence-electron chi connectivity index (χ0n) is 7.56. The number of hydrogen-bond donors (Lipinski definition) is 2. The number of non-ortho nitro benzene ring substituents is 1. The molecule has 0 fully saturated rings. The third-order valence-electron chi connectivity index (χ3n) is 1.58. The van der Waals surface area contributed by atoms with Gasteiger partial charge in [0.2, 0.25) is 0 Å². The average Bonchev–Trinajstić information content (AvgIpc) is 2.16. The van der Waals surface area contributed by atoms with Gasteiger partial charge < -0.3 is 15.6 Å². The molecule has 0 aliphatic heterocycles. The fraction of sp³-hybridized carbons (Fsp3) is 0.143. The van der Waals surface area contributed by atoms with E-state index in [9.17, 15) is 10.1 Å². The van der Waals surface area contributed by atoms with Crippen molar-refractivity contribution in [3.8, 4) is 0 Å². The molecule has 73 valence electrons. The first kappa shape index (κ1) is 10.3. The van der Waals surface area contributed by atoms with Gasteiger partial charge in [0.25, 0.3) is 5.69 Å². The standard InChI is InChI=1S/C7H9BN3O3/c1-14-8-10-7-4-5(11(12)13)2-3-6(7)9/h2-4,10H,9H2,1H3. The van der Waals surface area contributed by atoms with E-state index in [1.54, 1.807) is 0 Å². The Labute approximate surface area is 81.5 Å². The maximum atomic E-state index is 10.4. The van der Waals surface area contributed by atoms with Crippen molar-refractivity contribution in [1.82, 2.24) is 0 Å². The molecule has 0 aliphatic carbocycles. The predicted molar refractivity (Wildman–Crippen MR) is 53.9 cm³/mol. The fourth-order valence-electron chi connectivity index (χ4n) is 0.905. The lowest BCUT2D eigenvalue weighted by atomic mass is 10.2. The molecule has 0 amide bonds. The SMILES string of the molecule is CO[B]Nc1cc([N+](=O)[O-])ccc1N. The summed E-state index contributed by atoms with van der Waals surface area (Å²) >= 11 is 0. The van der Waals surface area contributed by atoms with Gasteiger partial charge in [-0.25, -0.2) is 0 Å². The van der Waals surface area contributed by atoms with Crippen molar-refractivity contribution in [2.45, 2.75) is 0 Å². The molecule has 6 nitrogen and oxygen atoms in total. The van der Waals surface area contributed by atoms with E-state index in [1.165, 1.54) is 32.9 Å². The highest BCUT2D eigenvalue weighted by Crippen LogP contribution is 2.23. The van der Waals surface area contributed by atoms with Crippen LogP contribution in [0, 0.1) is 10.1 Å². The highest BCUT2D eigenvalue weighted by molar-refractivity contribution is 6.33. The lowest BCUT2D eigenvalue weighted by Crippen LogP contribution is -2.10. The summed E-state index contributed by atoms with van der Waals surface area (Å²) in [4.78, 5) is 9.95. The number of nitrogens with two attached hydrogens (primary N) is 1. The topological polar surface area (TPSA) is 90.4 Å². The van der Waals surface area contributed by atoms with Crippen LogP contribution in [0.5, 0.6) is 0 Å². The Morgan fingerprint density at radius 1 is 1.64 bits per heavy atom. The number of nitro benzene ring substituents is 1. The van der Waals surface area contributed by atoms with Crippen molar-refractivity contribution in [2.75, 3.05) is 18.1 Å². The summed E-state index contributed by atoms with van der Waals surface area (Å²) in [6.07, 6.45) is 0. The number of anilines is 2. The lowest BCUT2D eigenvalue weighted by Gasteiger charge is -2.05. The summed E-state index contributed by atoms with van der Waals surface area (Å²) in [5, 5.41) is 13.1. The van der Waals surface area contributed by atoms with Gasteiger partial charge in [-0.1, -0.05) is 0 Å². The molecule has 1 aromatic carbocycles. The van der Waals surface area contributed by atoms with Crippen molar-refractivity contribution in [2.24, 2.45) is 0 Å². The molecule has 1 rings (SSSR count). The van der Waals surface area contributed by atoms with Crippen molar-refractivity contribution in [3.05, 3.63) is 28.3 Å². The maximum Gasteiger partial charge on any atom is 0.436 e. The second kappa shape index (κ2) is 4.47. The summed E-state index contributed by atoms with van der Waals surface area (Å²) < 4.78 is 4.64. The van der Waals surface area contributed by atoms with Crippen LogP contribution in [0.4, 0.5) is 17.1 Å². The van der Waals surface area contributed by atoms with Crippen LogP contribution >= 0.6 is 0 Å². The summed E-state index contributed by atoms with van der Waals surface area (Å²) in [6.45, 7) is 0. The van der Waals surface area contributed by atoms with Crippen LogP contribution in [0.25, 0.3) is 0 Å². The molecule has 14 heavy (non-hydrogen) atoms. The van der Waals surface area contributed by atoms with Crippen LogP contribution in [-0.2, 0) is 4.65 Å². The van der Waals surface area contributed by atoms with Gasteiger partial charge in [0, 0.05) is 19.2 Å². The second-order valence-electron chi connectivity index (χ2n) is 2.53. The van der Waals surface area contributed by atoms with Crippen LogP contribution in [0.15, 0.2) is 18.2 Å². The zero-order valence-corrected chi connectivity index (χ0v) is 7.56. The van der Waals surface area contributed by atoms with Gasteiger partial charge in [-0.05, 0) is 6.07 Å². The summed E-state index contributed by atoms with van der Waals surface area (Å²) in [5.74, 6) is 0. The minimum atomic E-state index is -0.489. The highest BCUT2D eigenvalue weighted by atomic mass is 16.6. The van der Waals surface area contributed by atoms with Crippen LogP contribution in [-0.4, -0.2) is 19.7 Å². The molecule has 0 unspecified atom stereocenters. The highest BCUT2D eigenvalue weighted by Gasteiger charge is 2.08. The Hall–Kier alpha value is -1.76. The number of benzene rings is 1. The third kappa shape index (κ3) is 2.36. The van der Waals surface area contributed by atoms with E-state index in [2.05, 4.69) is 9.88 Å². The van der Waals surface area contributed by atoms with Gasteiger partial charge in [-0.3, -0.25) is 10.1 Å². The molecular formula is C7H9BN3O3. The van der Waals surface area contributed by atoms with Crippen molar-refractivity contribution < 1.29 is 9.58 Å². The number of nitrogen functional groups attached to an aromatic ring is 1.